The van der Waals surface area contributed by atoms with Gasteiger partial charge in [0.25, 0.3) is 17.7 Å². The van der Waals surface area contributed by atoms with Crippen LogP contribution in [0, 0.1) is 0 Å². The molecular formula is C25H16Cl3N3O5. The van der Waals surface area contributed by atoms with E-state index in [0.29, 0.717) is 22.0 Å². The molecule has 36 heavy (non-hydrogen) atoms. The number of carbonyl (C=O) groups is 4. The SMILES string of the molecule is O=C(COc1cccc(/C=C2/C(=O)NC(=O)N(c3ccc(Cl)c(Cl)c3)C2=O)c1)Nc1ccc(Cl)cc1. The van der Waals surface area contributed by atoms with Crippen molar-refractivity contribution in [3.63, 3.8) is 0 Å². The van der Waals surface area contributed by atoms with Crippen molar-refractivity contribution in [2.75, 3.05) is 16.8 Å². The van der Waals surface area contributed by atoms with E-state index in [2.05, 4.69) is 10.6 Å². The monoisotopic (exact) mass is 543 g/mol. The molecule has 8 nitrogen and oxygen atoms in total. The first-order valence-electron chi connectivity index (χ1n) is 10.4. The van der Waals surface area contributed by atoms with Gasteiger partial charge in [0.15, 0.2) is 6.61 Å². The number of halogens is 3. The van der Waals surface area contributed by atoms with Gasteiger partial charge in [0.05, 0.1) is 15.7 Å². The van der Waals surface area contributed by atoms with Gasteiger partial charge in [-0.1, -0.05) is 46.9 Å². The van der Waals surface area contributed by atoms with Crippen LogP contribution in [0.4, 0.5) is 16.2 Å². The number of ether oxygens (including phenoxy) is 1. The molecule has 182 valence electrons. The molecule has 0 aliphatic carbocycles. The van der Waals surface area contributed by atoms with Crippen LogP contribution in [0.2, 0.25) is 15.1 Å². The Labute approximate surface area is 220 Å². The Morgan fingerprint density at radius 3 is 2.42 bits per heavy atom. The molecule has 11 heteroatoms. The second-order valence-corrected chi connectivity index (χ2v) is 8.72. The van der Waals surface area contributed by atoms with Crippen molar-refractivity contribution in [3.8, 4) is 5.75 Å². The molecule has 1 saturated heterocycles. The van der Waals surface area contributed by atoms with Crippen molar-refractivity contribution >= 4 is 76.0 Å². The molecule has 3 aromatic carbocycles. The summed E-state index contributed by atoms with van der Waals surface area (Å²) < 4.78 is 5.53. The van der Waals surface area contributed by atoms with Gasteiger partial charge in [-0.15, -0.1) is 0 Å². The second-order valence-electron chi connectivity index (χ2n) is 7.47. The average Bonchev–Trinajstić information content (AvgIpc) is 2.84. The molecule has 1 aliphatic rings. The number of benzene rings is 3. The lowest BCUT2D eigenvalue weighted by molar-refractivity contribution is -0.122. The van der Waals surface area contributed by atoms with E-state index in [4.69, 9.17) is 39.5 Å². The van der Waals surface area contributed by atoms with E-state index >= 15 is 0 Å². The van der Waals surface area contributed by atoms with Gasteiger partial charge in [-0.2, -0.15) is 0 Å². The van der Waals surface area contributed by atoms with Crippen LogP contribution >= 0.6 is 34.8 Å². The molecule has 0 bridgehead atoms. The van der Waals surface area contributed by atoms with Gasteiger partial charge in [0.1, 0.15) is 11.3 Å². The predicted octanol–water partition coefficient (Wildman–Crippen LogP) is 5.33. The number of imide groups is 2. The van der Waals surface area contributed by atoms with Gasteiger partial charge < -0.3 is 10.1 Å². The molecule has 0 unspecified atom stereocenters. The molecule has 3 aromatic rings. The molecule has 0 radical (unpaired) electrons. The molecule has 1 heterocycles. The van der Waals surface area contributed by atoms with Gasteiger partial charge in [-0.05, 0) is 66.2 Å². The van der Waals surface area contributed by atoms with Crippen molar-refractivity contribution in [2.24, 2.45) is 0 Å². The van der Waals surface area contributed by atoms with Crippen LogP contribution in [0.1, 0.15) is 5.56 Å². The molecule has 0 aromatic heterocycles. The molecular weight excluding hydrogens is 529 g/mol. The number of rotatable bonds is 6. The fourth-order valence-electron chi connectivity index (χ4n) is 3.26. The summed E-state index contributed by atoms with van der Waals surface area (Å²) in [4.78, 5) is 50.8. The molecule has 0 saturated carbocycles. The Hall–Kier alpha value is -3.85. The van der Waals surface area contributed by atoms with Gasteiger partial charge in [0, 0.05) is 10.7 Å². The summed E-state index contributed by atoms with van der Waals surface area (Å²) in [7, 11) is 0. The maximum Gasteiger partial charge on any atom is 0.335 e. The summed E-state index contributed by atoms with van der Waals surface area (Å²) in [6, 6.07) is 16.3. The van der Waals surface area contributed by atoms with Gasteiger partial charge in [-0.25, -0.2) is 9.69 Å². The number of anilines is 2. The minimum absolute atomic E-state index is 0.141. The minimum atomic E-state index is -0.913. The van der Waals surface area contributed by atoms with Crippen molar-refractivity contribution in [2.45, 2.75) is 0 Å². The Balaban J connectivity index is 1.49. The Bertz CT molecular complexity index is 1410. The van der Waals surface area contributed by atoms with Crippen LogP contribution in [0.5, 0.6) is 5.75 Å². The number of nitrogens with one attached hydrogen (secondary N) is 2. The zero-order valence-corrected chi connectivity index (χ0v) is 20.5. The van der Waals surface area contributed by atoms with E-state index in [-0.39, 0.29) is 27.9 Å². The maximum atomic E-state index is 13.0. The van der Waals surface area contributed by atoms with Crippen LogP contribution in [-0.2, 0) is 14.4 Å². The fourth-order valence-corrected chi connectivity index (χ4v) is 3.67. The number of urea groups is 1. The summed E-state index contributed by atoms with van der Waals surface area (Å²) in [6.45, 7) is -0.276. The first-order valence-corrected chi connectivity index (χ1v) is 11.5. The highest BCUT2D eigenvalue weighted by Crippen LogP contribution is 2.29. The van der Waals surface area contributed by atoms with Crippen LogP contribution in [0.15, 0.2) is 72.3 Å². The Morgan fingerprint density at radius 2 is 1.69 bits per heavy atom. The largest absolute Gasteiger partial charge is 0.484 e. The van der Waals surface area contributed by atoms with E-state index in [0.717, 1.165) is 4.90 Å². The smallest absolute Gasteiger partial charge is 0.335 e. The normalized spacial score (nSPS) is 14.6. The zero-order valence-electron chi connectivity index (χ0n) is 18.3. The lowest BCUT2D eigenvalue weighted by Gasteiger charge is -2.26. The van der Waals surface area contributed by atoms with Crippen molar-refractivity contribution in [1.82, 2.24) is 5.32 Å². The van der Waals surface area contributed by atoms with Crippen molar-refractivity contribution in [3.05, 3.63) is 92.9 Å². The third-order valence-corrected chi connectivity index (χ3v) is 5.92. The Kier molecular flexibility index (Phi) is 7.59. The van der Waals surface area contributed by atoms with Gasteiger partial charge >= 0.3 is 6.03 Å². The minimum Gasteiger partial charge on any atom is -0.484 e. The summed E-state index contributed by atoms with van der Waals surface area (Å²) in [5.74, 6) is -1.75. The molecule has 1 fully saturated rings. The first-order chi connectivity index (χ1) is 17.2. The zero-order chi connectivity index (χ0) is 25.8. The van der Waals surface area contributed by atoms with E-state index in [1.165, 1.54) is 24.3 Å². The third-order valence-electron chi connectivity index (χ3n) is 4.93. The standard InChI is InChI=1S/C25H16Cl3N3O5/c26-15-4-6-16(7-5-15)29-22(32)13-36-18-3-1-2-14(10-18)11-19-23(33)30-25(35)31(24(19)34)17-8-9-20(27)21(28)12-17/h1-12H,13H2,(H,29,32)(H,30,33,35)/b19-11-. The van der Waals surface area contributed by atoms with E-state index in [1.54, 1.807) is 48.5 Å². The number of barbiturate groups is 1. The van der Waals surface area contributed by atoms with Crippen LogP contribution in [0.25, 0.3) is 6.08 Å². The lowest BCUT2D eigenvalue weighted by Crippen LogP contribution is -2.54. The highest BCUT2D eigenvalue weighted by atomic mass is 35.5. The average molecular weight is 545 g/mol. The van der Waals surface area contributed by atoms with Crippen LogP contribution in [-0.4, -0.2) is 30.4 Å². The highest BCUT2D eigenvalue weighted by Gasteiger charge is 2.37. The quantitative estimate of drug-likeness (QED) is 0.322. The van der Waals surface area contributed by atoms with Crippen molar-refractivity contribution in [1.29, 1.82) is 0 Å². The number of carbonyl (C=O) groups excluding carboxylic acids is 4. The summed E-state index contributed by atoms with van der Waals surface area (Å²) in [5.41, 5.74) is 0.870. The first kappa shape index (κ1) is 25.2. The molecule has 5 amide bonds. The topological polar surface area (TPSA) is 105 Å². The molecule has 0 atom stereocenters. The molecule has 4 rings (SSSR count). The van der Waals surface area contributed by atoms with Gasteiger partial charge in [-0.3, -0.25) is 19.7 Å². The number of hydrogen-bond donors (Lipinski definition) is 2. The van der Waals surface area contributed by atoms with E-state index in [9.17, 15) is 19.2 Å². The summed E-state index contributed by atoms with van der Waals surface area (Å²) in [5, 5.41) is 5.74. The van der Waals surface area contributed by atoms with Gasteiger partial charge in [0.2, 0.25) is 0 Å². The van der Waals surface area contributed by atoms with Crippen LogP contribution in [0.3, 0.4) is 0 Å². The fraction of sp³-hybridized carbons (Fsp3) is 0.0400. The van der Waals surface area contributed by atoms with Crippen molar-refractivity contribution < 1.29 is 23.9 Å². The second kappa shape index (κ2) is 10.8. The maximum absolute atomic E-state index is 13.0. The summed E-state index contributed by atoms with van der Waals surface area (Å²) >= 11 is 17.8. The molecule has 1 aliphatic heterocycles. The number of amides is 5. The Morgan fingerprint density at radius 1 is 0.944 bits per heavy atom. The number of nitrogens with zero attached hydrogens (tertiary/aromatic N) is 1. The third kappa shape index (κ3) is 5.85. The van der Waals surface area contributed by atoms with E-state index in [1.807, 2.05) is 0 Å². The van der Waals surface area contributed by atoms with E-state index < -0.39 is 23.8 Å². The lowest BCUT2D eigenvalue weighted by atomic mass is 10.1. The molecule has 2 N–H and O–H groups in total. The predicted molar refractivity (Wildman–Crippen MR) is 137 cm³/mol. The van der Waals surface area contributed by atoms with Crippen LogP contribution < -0.4 is 20.3 Å². The molecule has 0 spiro atoms. The number of hydrogen-bond acceptors (Lipinski definition) is 5. The summed E-state index contributed by atoms with van der Waals surface area (Å²) in [6.07, 6.45) is 1.31. The highest BCUT2D eigenvalue weighted by molar-refractivity contribution is 6.43.